The van der Waals surface area contributed by atoms with Crippen LogP contribution >= 0.6 is 0 Å². The molecule has 1 saturated heterocycles. The first kappa shape index (κ1) is 18.4. The molecule has 0 spiro atoms. The van der Waals surface area contributed by atoms with Crippen LogP contribution < -0.4 is 5.32 Å². The lowest BCUT2D eigenvalue weighted by Gasteiger charge is -2.39. The van der Waals surface area contributed by atoms with Crippen molar-refractivity contribution in [1.29, 1.82) is 0 Å². The van der Waals surface area contributed by atoms with Crippen molar-refractivity contribution < 1.29 is 4.79 Å². The van der Waals surface area contributed by atoms with Gasteiger partial charge in [-0.1, -0.05) is 49.1 Å². The lowest BCUT2D eigenvalue weighted by atomic mass is 9.69. The third-order valence-corrected chi connectivity index (χ3v) is 6.62. The van der Waals surface area contributed by atoms with Crippen LogP contribution in [0.4, 0.5) is 0 Å². The molecule has 1 amide bonds. The first-order chi connectivity index (χ1) is 12.0. The van der Waals surface area contributed by atoms with E-state index < -0.39 is 0 Å². The van der Waals surface area contributed by atoms with E-state index in [4.69, 9.17) is 0 Å². The van der Waals surface area contributed by atoms with Gasteiger partial charge in [-0.05, 0) is 58.7 Å². The van der Waals surface area contributed by atoms with Gasteiger partial charge in [0.25, 0.3) is 0 Å². The van der Waals surface area contributed by atoms with Gasteiger partial charge in [-0.2, -0.15) is 0 Å². The lowest BCUT2D eigenvalue weighted by molar-refractivity contribution is -0.127. The molecule has 0 radical (unpaired) electrons. The Morgan fingerprint density at radius 1 is 1.28 bits per heavy atom. The van der Waals surface area contributed by atoms with E-state index in [2.05, 4.69) is 55.4 Å². The second kappa shape index (κ2) is 7.90. The molecule has 3 nitrogen and oxygen atoms in total. The molecule has 3 rings (SSSR count). The molecule has 1 N–H and O–H groups in total. The standard InChI is InChI=1S/C22H34N2O/c1-17-8-7-9-20(14-17)22(11-5-4-6-12-22)16-23-21(25)19-10-13-24(3)18(2)15-19/h7-9,14,18-19H,4-6,10-13,15-16H2,1-3H3,(H,23,25)/t18-,19-/m0/s1. The van der Waals surface area contributed by atoms with Crippen LogP contribution in [-0.4, -0.2) is 37.0 Å². The average molecular weight is 343 g/mol. The molecule has 3 heteroatoms. The van der Waals surface area contributed by atoms with Crippen molar-refractivity contribution in [1.82, 2.24) is 10.2 Å². The van der Waals surface area contributed by atoms with Gasteiger partial charge in [-0.15, -0.1) is 0 Å². The van der Waals surface area contributed by atoms with Crippen LogP contribution in [0, 0.1) is 12.8 Å². The summed E-state index contributed by atoms with van der Waals surface area (Å²) in [5, 5.41) is 3.36. The van der Waals surface area contributed by atoms with Crippen molar-refractivity contribution >= 4 is 5.91 Å². The van der Waals surface area contributed by atoms with Crippen molar-refractivity contribution in [2.24, 2.45) is 5.92 Å². The normalized spacial score (nSPS) is 27.0. The number of rotatable bonds is 4. The molecule has 2 fully saturated rings. The number of amides is 1. The highest BCUT2D eigenvalue weighted by atomic mass is 16.1. The minimum absolute atomic E-state index is 0.136. The van der Waals surface area contributed by atoms with Crippen molar-refractivity contribution in [2.75, 3.05) is 20.1 Å². The Hall–Kier alpha value is -1.35. The fraction of sp³-hybridized carbons (Fsp3) is 0.682. The molecule has 1 aliphatic heterocycles. The van der Waals surface area contributed by atoms with E-state index in [1.165, 1.54) is 43.2 Å². The molecule has 1 heterocycles. The predicted molar refractivity (Wildman–Crippen MR) is 104 cm³/mol. The minimum Gasteiger partial charge on any atom is -0.355 e. The number of aryl methyl sites for hydroxylation is 1. The Bertz CT molecular complexity index is 591. The predicted octanol–water partition coefficient (Wildman–Crippen LogP) is 4.04. The molecule has 0 aromatic heterocycles. The van der Waals surface area contributed by atoms with Crippen LogP contribution in [0.25, 0.3) is 0 Å². The summed E-state index contributed by atoms with van der Waals surface area (Å²) in [6.45, 7) is 6.23. The SMILES string of the molecule is Cc1cccc(C2(CNC(=O)[C@H]3CCN(C)[C@@H](C)C3)CCCCC2)c1. The van der Waals surface area contributed by atoms with Crippen molar-refractivity contribution in [3.8, 4) is 0 Å². The fourth-order valence-electron chi connectivity index (χ4n) is 4.70. The summed E-state index contributed by atoms with van der Waals surface area (Å²) in [7, 11) is 2.16. The van der Waals surface area contributed by atoms with Crippen LogP contribution in [0.1, 0.15) is 63.0 Å². The van der Waals surface area contributed by atoms with Gasteiger partial charge in [0, 0.05) is 23.9 Å². The topological polar surface area (TPSA) is 32.3 Å². The Morgan fingerprint density at radius 2 is 2.04 bits per heavy atom. The molecule has 138 valence electrons. The van der Waals surface area contributed by atoms with E-state index in [0.717, 1.165) is 25.9 Å². The zero-order valence-electron chi connectivity index (χ0n) is 16.2. The Balaban J connectivity index is 1.68. The van der Waals surface area contributed by atoms with E-state index in [-0.39, 0.29) is 17.2 Å². The second-order valence-corrected chi connectivity index (χ2v) is 8.48. The summed E-state index contributed by atoms with van der Waals surface area (Å²) in [6, 6.07) is 9.43. The summed E-state index contributed by atoms with van der Waals surface area (Å²) in [5.74, 6) is 0.460. The summed E-state index contributed by atoms with van der Waals surface area (Å²) < 4.78 is 0. The fourth-order valence-corrected chi connectivity index (χ4v) is 4.70. The number of carbonyl (C=O) groups excluding carboxylic acids is 1. The molecule has 25 heavy (non-hydrogen) atoms. The molecular weight excluding hydrogens is 308 g/mol. The monoisotopic (exact) mass is 342 g/mol. The van der Waals surface area contributed by atoms with Crippen molar-refractivity contribution in [2.45, 2.75) is 70.3 Å². The molecule has 0 bridgehead atoms. The van der Waals surface area contributed by atoms with Gasteiger partial charge < -0.3 is 10.2 Å². The van der Waals surface area contributed by atoms with E-state index >= 15 is 0 Å². The molecular formula is C22H34N2O. The van der Waals surface area contributed by atoms with Gasteiger partial charge in [-0.25, -0.2) is 0 Å². The summed E-state index contributed by atoms with van der Waals surface area (Å²) >= 11 is 0. The first-order valence-electron chi connectivity index (χ1n) is 10.1. The van der Waals surface area contributed by atoms with Gasteiger partial charge in [0.15, 0.2) is 0 Å². The molecule has 1 aromatic carbocycles. The maximum absolute atomic E-state index is 12.8. The number of benzene rings is 1. The third-order valence-electron chi connectivity index (χ3n) is 6.62. The van der Waals surface area contributed by atoms with E-state index in [0.29, 0.717) is 6.04 Å². The molecule has 2 aliphatic rings. The van der Waals surface area contributed by atoms with Crippen LogP contribution in [0.5, 0.6) is 0 Å². The molecule has 2 atom stereocenters. The first-order valence-corrected chi connectivity index (χ1v) is 10.1. The molecule has 1 aromatic rings. The summed E-state index contributed by atoms with van der Waals surface area (Å²) in [4.78, 5) is 15.2. The highest BCUT2D eigenvalue weighted by Gasteiger charge is 2.35. The van der Waals surface area contributed by atoms with Gasteiger partial charge in [0.1, 0.15) is 0 Å². The third kappa shape index (κ3) is 4.25. The summed E-state index contributed by atoms with van der Waals surface area (Å²) in [6.07, 6.45) is 8.24. The number of carbonyl (C=O) groups is 1. The average Bonchev–Trinajstić information content (AvgIpc) is 2.63. The number of likely N-dealkylation sites (tertiary alicyclic amines) is 1. The second-order valence-electron chi connectivity index (χ2n) is 8.48. The maximum atomic E-state index is 12.8. The van der Waals surface area contributed by atoms with Gasteiger partial charge in [0.05, 0.1) is 0 Å². The van der Waals surface area contributed by atoms with Crippen LogP contribution in [0.2, 0.25) is 0 Å². The zero-order chi connectivity index (χ0) is 17.9. The van der Waals surface area contributed by atoms with Gasteiger partial charge in [0.2, 0.25) is 5.91 Å². The number of hydrogen-bond acceptors (Lipinski definition) is 2. The Morgan fingerprint density at radius 3 is 2.72 bits per heavy atom. The number of piperidine rings is 1. The minimum atomic E-state index is 0.136. The van der Waals surface area contributed by atoms with Crippen molar-refractivity contribution in [3.05, 3.63) is 35.4 Å². The van der Waals surface area contributed by atoms with E-state index in [1.807, 2.05) is 0 Å². The highest BCUT2D eigenvalue weighted by molar-refractivity contribution is 5.79. The maximum Gasteiger partial charge on any atom is 0.223 e. The zero-order valence-corrected chi connectivity index (χ0v) is 16.2. The van der Waals surface area contributed by atoms with E-state index in [9.17, 15) is 4.79 Å². The summed E-state index contributed by atoms with van der Waals surface area (Å²) in [5.41, 5.74) is 2.87. The van der Waals surface area contributed by atoms with Crippen LogP contribution in [0.3, 0.4) is 0 Å². The number of nitrogens with one attached hydrogen (secondary N) is 1. The number of nitrogens with zero attached hydrogens (tertiary/aromatic N) is 1. The number of hydrogen-bond donors (Lipinski definition) is 1. The Labute approximate surface area is 153 Å². The largest absolute Gasteiger partial charge is 0.355 e. The van der Waals surface area contributed by atoms with Crippen LogP contribution in [-0.2, 0) is 10.2 Å². The highest BCUT2D eigenvalue weighted by Crippen LogP contribution is 2.39. The van der Waals surface area contributed by atoms with Crippen LogP contribution in [0.15, 0.2) is 24.3 Å². The molecule has 0 unspecified atom stereocenters. The Kier molecular flexibility index (Phi) is 5.83. The van der Waals surface area contributed by atoms with Gasteiger partial charge in [-0.3, -0.25) is 4.79 Å². The quantitative estimate of drug-likeness (QED) is 0.895. The van der Waals surface area contributed by atoms with E-state index in [1.54, 1.807) is 0 Å². The smallest absolute Gasteiger partial charge is 0.223 e. The van der Waals surface area contributed by atoms with Gasteiger partial charge >= 0.3 is 0 Å². The lowest BCUT2D eigenvalue weighted by Crippen LogP contribution is -2.47. The molecule has 1 aliphatic carbocycles. The van der Waals surface area contributed by atoms with Crippen molar-refractivity contribution in [3.63, 3.8) is 0 Å². The molecule has 1 saturated carbocycles.